The molecule has 2 nitrogen and oxygen atoms in total. The van der Waals surface area contributed by atoms with E-state index in [9.17, 15) is 0 Å². The van der Waals surface area contributed by atoms with E-state index in [2.05, 4.69) is 65.9 Å². The van der Waals surface area contributed by atoms with Gasteiger partial charge in [-0.2, -0.15) is 0 Å². The first-order chi connectivity index (χ1) is 8.75. The summed E-state index contributed by atoms with van der Waals surface area (Å²) < 4.78 is 2.37. The molecule has 3 rings (SSSR count). The first kappa shape index (κ1) is 11.5. The molecule has 0 fully saturated rings. The molecule has 0 saturated heterocycles. The molecule has 0 saturated carbocycles. The Hall–Kier alpha value is -1.54. The van der Waals surface area contributed by atoms with Crippen LogP contribution in [0.3, 0.4) is 0 Å². The third-order valence-electron chi connectivity index (χ3n) is 4.10. The Labute approximate surface area is 109 Å². The van der Waals surface area contributed by atoms with Crippen molar-refractivity contribution in [2.24, 2.45) is 0 Å². The van der Waals surface area contributed by atoms with Crippen LogP contribution in [0.5, 0.6) is 0 Å². The lowest BCUT2D eigenvalue weighted by Crippen LogP contribution is -2.36. The van der Waals surface area contributed by atoms with Crippen LogP contribution in [-0.2, 0) is 13.1 Å². The van der Waals surface area contributed by atoms with E-state index in [0.29, 0.717) is 6.04 Å². The number of rotatable bonds is 2. The summed E-state index contributed by atoms with van der Waals surface area (Å²) in [7, 11) is 0. The normalized spacial score (nSPS) is 19.8. The van der Waals surface area contributed by atoms with Crippen molar-refractivity contribution in [1.29, 1.82) is 0 Å². The fourth-order valence-electron chi connectivity index (χ4n) is 2.85. The van der Waals surface area contributed by atoms with Gasteiger partial charge in [0.1, 0.15) is 0 Å². The third-order valence-corrected chi connectivity index (χ3v) is 4.10. The average Bonchev–Trinajstić information content (AvgIpc) is 2.84. The minimum Gasteiger partial charge on any atom is -0.349 e. The van der Waals surface area contributed by atoms with Gasteiger partial charge in [0.05, 0.1) is 0 Å². The van der Waals surface area contributed by atoms with Gasteiger partial charge >= 0.3 is 0 Å². The van der Waals surface area contributed by atoms with Crippen LogP contribution in [0, 0.1) is 6.92 Å². The van der Waals surface area contributed by atoms with Crippen molar-refractivity contribution in [3.8, 4) is 0 Å². The summed E-state index contributed by atoms with van der Waals surface area (Å²) >= 11 is 0. The summed E-state index contributed by atoms with van der Waals surface area (Å²) in [5.74, 6) is 0. The maximum Gasteiger partial charge on any atom is 0.0476 e. The summed E-state index contributed by atoms with van der Waals surface area (Å²) in [6.07, 6.45) is 2.19. The van der Waals surface area contributed by atoms with Crippen molar-refractivity contribution in [1.82, 2.24) is 9.47 Å². The molecule has 1 unspecified atom stereocenters. The third kappa shape index (κ3) is 1.97. The minimum absolute atomic E-state index is 0.508. The molecule has 2 heterocycles. The number of aromatic nitrogens is 1. The Morgan fingerprint density at radius 1 is 1.11 bits per heavy atom. The summed E-state index contributed by atoms with van der Waals surface area (Å²) in [4.78, 5) is 2.57. The van der Waals surface area contributed by atoms with E-state index in [1.807, 2.05) is 0 Å². The Bertz CT molecular complexity index is 542. The molecule has 1 aromatic carbocycles. The maximum absolute atomic E-state index is 2.57. The number of fused-ring (bicyclic) bond motifs is 1. The van der Waals surface area contributed by atoms with E-state index in [-0.39, 0.29) is 0 Å². The standard InChI is InChI=1S/C16H20N2/c1-13-6-3-4-7-15(13)12-18-11-10-17-9-5-8-16(17)14(18)2/h3-9,14H,10-12H2,1-2H3. The van der Waals surface area contributed by atoms with Crippen molar-refractivity contribution in [3.63, 3.8) is 0 Å². The highest BCUT2D eigenvalue weighted by atomic mass is 15.2. The predicted octanol–water partition coefficient (Wildman–Crippen LogP) is 3.37. The molecule has 0 spiro atoms. The molecule has 0 amide bonds. The second-order valence-electron chi connectivity index (χ2n) is 5.20. The van der Waals surface area contributed by atoms with Crippen LogP contribution in [0.4, 0.5) is 0 Å². The Balaban J connectivity index is 1.81. The highest BCUT2D eigenvalue weighted by Crippen LogP contribution is 2.27. The number of hydrogen-bond donors (Lipinski definition) is 0. The molecular formula is C16H20N2. The lowest BCUT2D eigenvalue weighted by molar-refractivity contribution is 0.160. The van der Waals surface area contributed by atoms with Gasteiger partial charge in [-0.15, -0.1) is 0 Å². The molecule has 1 aromatic heterocycles. The van der Waals surface area contributed by atoms with Crippen molar-refractivity contribution in [2.75, 3.05) is 6.54 Å². The second kappa shape index (κ2) is 4.62. The minimum atomic E-state index is 0.508. The molecule has 0 radical (unpaired) electrons. The first-order valence-corrected chi connectivity index (χ1v) is 6.69. The van der Waals surface area contributed by atoms with Gasteiger partial charge < -0.3 is 4.57 Å². The second-order valence-corrected chi connectivity index (χ2v) is 5.20. The van der Waals surface area contributed by atoms with Gasteiger partial charge in [0.15, 0.2) is 0 Å². The molecule has 94 valence electrons. The fraction of sp³-hybridized carbons (Fsp3) is 0.375. The largest absolute Gasteiger partial charge is 0.349 e. The Morgan fingerprint density at radius 3 is 2.78 bits per heavy atom. The number of nitrogens with zero attached hydrogens (tertiary/aromatic N) is 2. The van der Waals surface area contributed by atoms with Gasteiger partial charge in [-0.1, -0.05) is 24.3 Å². The SMILES string of the molecule is Cc1ccccc1CN1CCn2cccc2C1C. The van der Waals surface area contributed by atoms with Crippen molar-refractivity contribution in [2.45, 2.75) is 33.0 Å². The molecule has 1 aliphatic heterocycles. The van der Waals surface area contributed by atoms with E-state index in [1.54, 1.807) is 0 Å². The first-order valence-electron chi connectivity index (χ1n) is 6.69. The molecule has 1 atom stereocenters. The van der Waals surface area contributed by atoms with E-state index in [4.69, 9.17) is 0 Å². The summed E-state index contributed by atoms with van der Waals surface area (Å²) in [5, 5.41) is 0. The number of aryl methyl sites for hydroxylation is 1. The molecule has 18 heavy (non-hydrogen) atoms. The topological polar surface area (TPSA) is 8.17 Å². The molecule has 0 bridgehead atoms. The van der Waals surface area contributed by atoms with Crippen LogP contribution in [0.2, 0.25) is 0 Å². The zero-order valence-corrected chi connectivity index (χ0v) is 11.1. The quantitative estimate of drug-likeness (QED) is 0.781. The number of hydrogen-bond acceptors (Lipinski definition) is 1. The zero-order chi connectivity index (χ0) is 12.5. The average molecular weight is 240 g/mol. The van der Waals surface area contributed by atoms with Gasteiger partial charge in [-0.25, -0.2) is 0 Å². The van der Waals surface area contributed by atoms with Gasteiger partial charge in [0.25, 0.3) is 0 Å². The van der Waals surface area contributed by atoms with Crippen molar-refractivity contribution < 1.29 is 0 Å². The molecular weight excluding hydrogens is 220 g/mol. The van der Waals surface area contributed by atoms with Crippen LogP contribution in [-0.4, -0.2) is 16.0 Å². The van der Waals surface area contributed by atoms with Gasteiger partial charge in [0, 0.05) is 37.6 Å². The fourth-order valence-corrected chi connectivity index (χ4v) is 2.85. The summed E-state index contributed by atoms with van der Waals surface area (Å²) in [5.41, 5.74) is 4.28. The predicted molar refractivity (Wildman–Crippen MR) is 74.4 cm³/mol. The van der Waals surface area contributed by atoms with Crippen LogP contribution in [0.15, 0.2) is 42.6 Å². The van der Waals surface area contributed by atoms with Crippen molar-refractivity contribution in [3.05, 3.63) is 59.4 Å². The van der Waals surface area contributed by atoms with Crippen LogP contribution in [0.25, 0.3) is 0 Å². The van der Waals surface area contributed by atoms with Gasteiger partial charge in [-0.05, 0) is 37.1 Å². The monoisotopic (exact) mass is 240 g/mol. The Morgan fingerprint density at radius 2 is 1.94 bits per heavy atom. The van der Waals surface area contributed by atoms with Gasteiger partial charge in [0.2, 0.25) is 0 Å². The van der Waals surface area contributed by atoms with E-state index in [1.165, 1.54) is 16.8 Å². The van der Waals surface area contributed by atoms with Crippen LogP contribution >= 0.6 is 0 Å². The molecule has 1 aliphatic rings. The van der Waals surface area contributed by atoms with Crippen LogP contribution < -0.4 is 0 Å². The molecule has 2 aromatic rings. The number of benzene rings is 1. The molecule has 0 aliphatic carbocycles. The van der Waals surface area contributed by atoms with E-state index >= 15 is 0 Å². The van der Waals surface area contributed by atoms with Crippen molar-refractivity contribution >= 4 is 0 Å². The lowest BCUT2D eigenvalue weighted by Gasteiger charge is -2.35. The maximum atomic E-state index is 2.57. The van der Waals surface area contributed by atoms with E-state index < -0.39 is 0 Å². The highest BCUT2D eigenvalue weighted by Gasteiger charge is 2.23. The molecule has 2 heteroatoms. The zero-order valence-electron chi connectivity index (χ0n) is 11.1. The van der Waals surface area contributed by atoms with Gasteiger partial charge in [-0.3, -0.25) is 4.90 Å². The lowest BCUT2D eigenvalue weighted by atomic mass is 10.1. The van der Waals surface area contributed by atoms with Crippen LogP contribution in [0.1, 0.15) is 29.8 Å². The Kier molecular flexibility index (Phi) is 2.96. The highest BCUT2D eigenvalue weighted by molar-refractivity contribution is 5.26. The van der Waals surface area contributed by atoms with E-state index in [0.717, 1.165) is 19.6 Å². The smallest absolute Gasteiger partial charge is 0.0476 e. The summed E-state index contributed by atoms with van der Waals surface area (Å²) in [6, 6.07) is 13.6. The molecule has 0 N–H and O–H groups in total. The summed E-state index contributed by atoms with van der Waals surface area (Å²) in [6.45, 7) is 7.81.